The van der Waals surface area contributed by atoms with E-state index < -0.39 is 15.1 Å². The van der Waals surface area contributed by atoms with E-state index in [1.165, 1.54) is 19.2 Å². The third kappa shape index (κ3) is 5.23. The van der Waals surface area contributed by atoms with Gasteiger partial charge in [-0.15, -0.1) is 0 Å². The van der Waals surface area contributed by atoms with E-state index in [1.807, 2.05) is 13.8 Å². The summed E-state index contributed by atoms with van der Waals surface area (Å²) in [5.41, 5.74) is 1.14. The molecule has 2 rings (SSSR count). The maximum absolute atomic E-state index is 12.8. The molecular weight excluding hydrogens is 386 g/mol. The van der Waals surface area contributed by atoms with Gasteiger partial charge in [-0.05, 0) is 48.7 Å². The van der Waals surface area contributed by atoms with Crippen molar-refractivity contribution in [3.63, 3.8) is 0 Å². The molecule has 5 nitrogen and oxygen atoms in total. The Morgan fingerprint density at radius 1 is 1.11 bits per heavy atom. The summed E-state index contributed by atoms with van der Waals surface area (Å²) < 4.78 is 30.8. The number of amides is 1. The van der Waals surface area contributed by atoms with Crippen LogP contribution in [0.1, 0.15) is 32.3 Å². The van der Waals surface area contributed by atoms with E-state index in [0.717, 1.165) is 5.56 Å². The van der Waals surface area contributed by atoms with Crippen LogP contribution in [0.15, 0.2) is 47.4 Å². The molecule has 0 saturated carbocycles. The van der Waals surface area contributed by atoms with Gasteiger partial charge in [-0.3, -0.25) is 4.79 Å². The van der Waals surface area contributed by atoms with Gasteiger partial charge in [0.2, 0.25) is 5.91 Å². The number of anilines is 1. The van der Waals surface area contributed by atoms with Crippen LogP contribution in [0.2, 0.25) is 5.02 Å². The highest BCUT2D eigenvalue weighted by atomic mass is 35.5. The Balaban J connectivity index is 2.27. The molecule has 0 aliphatic rings. The fourth-order valence-electron chi connectivity index (χ4n) is 2.86. The summed E-state index contributed by atoms with van der Waals surface area (Å²) in [4.78, 5) is 12.6. The number of sulfone groups is 1. The van der Waals surface area contributed by atoms with Gasteiger partial charge >= 0.3 is 0 Å². The summed E-state index contributed by atoms with van der Waals surface area (Å²) in [6.07, 6.45) is 1.20. The van der Waals surface area contributed by atoms with Gasteiger partial charge in [0.15, 0.2) is 9.84 Å². The molecule has 7 heteroatoms. The molecule has 0 bridgehead atoms. The van der Waals surface area contributed by atoms with Crippen LogP contribution in [0.25, 0.3) is 0 Å². The van der Waals surface area contributed by atoms with Gasteiger partial charge in [0.25, 0.3) is 0 Å². The van der Waals surface area contributed by atoms with Gasteiger partial charge in [-0.2, -0.15) is 0 Å². The summed E-state index contributed by atoms with van der Waals surface area (Å²) in [6, 6.07) is 11.5. The number of carbonyl (C=O) groups excluding carboxylic acids is 1. The third-order valence-corrected chi connectivity index (χ3v) is 7.11. The predicted octanol–water partition coefficient (Wildman–Crippen LogP) is 4.49. The number of ether oxygens (including phenoxy) is 1. The molecule has 0 aromatic heterocycles. The summed E-state index contributed by atoms with van der Waals surface area (Å²) >= 11 is 5.85. The van der Waals surface area contributed by atoms with Crippen LogP contribution >= 0.6 is 11.6 Å². The molecule has 2 aromatic carbocycles. The van der Waals surface area contributed by atoms with Crippen LogP contribution in [-0.4, -0.2) is 26.7 Å². The first-order valence-corrected chi connectivity index (χ1v) is 10.7. The molecule has 2 aromatic rings. The molecule has 0 heterocycles. The fourth-order valence-corrected chi connectivity index (χ4v) is 4.79. The van der Waals surface area contributed by atoms with E-state index in [-0.39, 0.29) is 17.2 Å². The van der Waals surface area contributed by atoms with Gasteiger partial charge in [-0.25, -0.2) is 8.42 Å². The molecule has 146 valence electrons. The molecule has 1 N–H and O–H groups in total. The van der Waals surface area contributed by atoms with E-state index >= 15 is 0 Å². The lowest BCUT2D eigenvalue weighted by Crippen LogP contribution is -2.20. The van der Waals surface area contributed by atoms with E-state index in [2.05, 4.69) is 5.32 Å². The predicted molar refractivity (Wildman–Crippen MR) is 108 cm³/mol. The zero-order valence-corrected chi connectivity index (χ0v) is 17.2. The quantitative estimate of drug-likeness (QED) is 0.697. The molecule has 0 atom stereocenters. The first-order valence-electron chi connectivity index (χ1n) is 8.78. The summed E-state index contributed by atoms with van der Waals surface area (Å²) in [5, 5.41) is 2.89. The minimum absolute atomic E-state index is 0.143. The van der Waals surface area contributed by atoms with Crippen LogP contribution in [-0.2, 0) is 21.1 Å². The van der Waals surface area contributed by atoms with Crippen molar-refractivity contribution in [3.8, 4) is 5.75 Å². The average molecular weight is 410 g/mol. The molecule has 0 aliphatic heterocycles. The second-order valence-corrected chi connectivity index (χ2v) is 8.86. The lowest BCUT2D eigenvalue weighted by Gasteiger charge is -2.16. The van der Waals surface area contributed by atoms with Gasteiger partial charge < -0.3 is 10.1 Å². The Bertz CT molecular complexity index is 891. The Kier molecular flexibility index (Phi) is 7.27. The molecule has 0 saturated heterocycles. The second kappa shape index (κ2) is 9.24. The minimum Gasteiger partial charge on any atom is -0.495 e. The van der Waals surface area contributed by atoms with Crippen molar-refractivity contribution in [3.05, 3.63) is 53.1 Å². The zero-order chi connectivity index (χ0) is 20.0. The summed E-state index contributed by atoms with van der Waals surface area (Å²) in [5.74, 6) is 0.135. The number of halogens is 1. The number of methoxy groups -OCH3 is 1. The Morgan fingerprint density at radius 3 is 2.30 bits per heavy atom. The Hall–Kier alpha value is -2.05. The fraction of sp³-hybridized carbons (Fsp3) is 0.350. The van der Waals surface area contributed by atoms with E-state index in [0.29, 0.717) is 29.3 Å². The monoisotopic (exact) mass is 409 g/mol. The third-order valence-electron chi connectivity index (χ3n) is 4.40. The molecule has 1 amide bonds. The number of nitrogens with one attached hydrogen (secondary N) is 1. The maximum Gasteiger partial charge on any atom is 0.228 e. The summed E-state index contributed by atoms with van der Waals surface area (Å²) in [7, 11) is -2.00. The number of carbonyl (C=O) groups is 1. The Labute approximate surface area is 165 Å². The number of benzene rings is 2. The molecular formula is C20H24ClNO4S. The van der Waals surface area contributed by atoms with Crippen LogP contribution in [0, 0.1) is 0 Å². The highest BCUT2D eigenvalue weighted by Gasteiger charge is 2.25. The van der Waals surface area contributed by atoms with Crippen molar-refractivity contribution in [2.24, 2.45) is 0 Å². The largest absolute Gasteiger partial charge is 0.495 e. The van der Waals surface area contributed by atoms with E-state index in [9.17, 15) is 13.2 Å². The lowest BCUT2D eigenvalue weighted by atomic mass is 10.1. The highest BCUT2D eigenvalue weighted by molar-refractivity contribution is 7.92. The van der Waals surface area contributed by atoms with Crippen molar-refractivity contribution in [1.82, 2.24) is 0 Å². The first-order chi connectivity index (χ1) is 12.8. The molecule has 0 aliphatic carbocycles. The molecule has 0 radical (unpaired) electrons. The highest BCUT2D eigenvalue weighted by Crippen LogP contribution is 2.30. The van der Waals surface area contributed by atoms with Gasteiger partial charge in [0.05, 0.1) is 29.4 Å². The lowest BCUT2D eigenvalue weighted by molar-refractivity contribution is -0.115. The maximum atomic E-state index is 12.8. The molecule has 0 unspecified atom stereocenters. The van der Waals surface area contributed by atoms with Crippen LogP contribution < -0.4 is 10.1 Å². The van der Waals surface area contributed by atoms with E-state index in [4.69, 9.17) is 16.3 Å². The number of rotatable bonds is 8. The number of hydrogen-bond acceptors (Lipinski definition) is 4. The van der Waals surface area contributed by atoms with E-state index in [1.54, 1.807) is 30.3 Å². The van der Waals surface area contributed by atoms with Crippen molar-refractivity contribution in [1.29, 1.82) is 0 Å². The van der Waals surface area contributed by atoms with Crippen molar-refractivity contribution in [2.45, 2.75) is 43.3 Å². The number of hydrogen-bond donors (Lipinski definition) is 1. The summed E-state index contributed by atoms with van der Waals surface area (Å²) in [6.45, 7) is 3.70. The standard InChI is InChI=1S/C20H24ClNO4S/c1-4-16(5-2)27(24,25)17-10-11-19(26-3)18(13-17)22-20(23)12-14-6-8-15(21)9-7-14/h6-11,13,16H,4-5,12H2,1-3H3,(H,22,23). The van der Waals surface area contributed by atoms with Crippen molar-refractivity contribution in [2.75, 3.05) is 12.4 Å². The van der Waals surface area contributed by atoms with Crippen molar-refractivity contribution < 1.29 is 17.9 Å². The topological polar surface area (TPSA) is 72.5 Å². The van der Waals surface area contributed by atoms with Crippen molar-refractivity contribution >= 4 is 33.0 Å². The normalized spacial score (nSPS) is 11.4. The minimum atomic E-state index is -3.47. The average Bonchev–Trinajstić information content (AvgIpc) is 2.64. The molecule has 0 fully saturated rings. The first kappa shape index (κ1) is 21.3. The van der Waals surface area contributed by atoms with Crippen LogP contribution in [0.4, 0.5) is 5.69 Å². The van der Waals surface area contributed by atoms with Crippen LogP contribution in [0.3, 0.4) is 0 Å². The van der Waals surface area contributed by atoms with Gasteiger partial charge in [0.1, 0.15) is 5.75 Å². The van der Waals surface area contributed by atoms with Gasteiger partial charge in [0, 0.05) is 5.02 Å². The van der Waals surface area contributed by atoms with Crippen LogP contribution in [0.5, 0.6) is 5.75 Å². The van der Waals surface area contributed by atoms with Gasteiger partial charge in [-0.1, -0.05) is 37.6 Å². The SMILES string of the molecule is CCC(CC)S(=O)(=O)c1ccc(OC)c(NC(=O)Cc2ccc(Cl)cc2)c1. The Morgan fingerprint density at radius 2 is 1.74 bits per heavy atom. The molecule has 27 heavy (non-hydrogen) atoms. The molecule has 0 spiro atoms. The second-order valence-electron chi connectivity index (χ2n) is 6.20. The smallest absolute Gasteiger partial charge is 0.228 e. The zero-order valence-electron chi connectivity index (χ0n) is 15.7.